The van der Waals surface area contributed by atoms with Crippen molar-refractivity contribution in [2.75, 3.05) is 0 Å². The van der Waals surface area contributed by atoms with Crippen LogP contribution in [-0.4, -0.2) is 0 Å². The van der Waals surface area contributed by atoms with Crippen LogP contribution in [0.2, 0.25) is 0 Å². The first-order valence-electron chi connectivity index (χ1n) is 8.72. The monoisotopic (exact) mass is 296 g/mol. The lowest BCUT2D eigenvalue weighted by Gasteiger charge is -2.04. The molecule has 1 heterocycles. The molecule has 0 bridgehead atoms. The lowest BCUT2D eigenvalue weighted by Crippen LogP contribution is -2.33. The summed E-state index contributed by atoms with van der Waals surface area (Å²) in [6.45, 7) is 7.71. The van der Waals surface area contributed by atoms with Gasteiger partial charge in [0, 0.05) is 17.5 Å². The molecule has 22 heavy (non-hydrogen) atoms. The Balaban J connectivity index is 1.74. The third kappa shape index (κ3) is 5.63. The Morgan fingerprint density at radius 2 is 1.32 bits per heavy atom. The molecule has 0 saturated heterocycles. The Kier molecular flexibility index (Phi) is 6.64. The van der Waals surface area contributed by atoms with E-state index < -0.39 is 0 Å². The quantitative estimate of drug-likeness (QED) is 0.479. The molecule has 2 aromatic rings. The van der Waals surface area contributed by atoms with Crippen LogP contribution in [-0.2, 0) is 19.4 Å². The molecule has 0 N–H and O–H groups in total. The van der Waals surface area contributed by atoms with Crippen LogP contribution in [0.4, 0.5) is 0 Å². The molecule has 0 fully saturated rings. The molecule has 1 nitrogen and oxygen atoms in total. The maximum atomic E-state index is 2.33. The van der Waals surface area contributed by atoms with E-state index in [-0.39, 0.29) is 0 Å². The molecule has 1 heteroatoms. The van der Waals surface area contributed by atoms with Crippen molar-refractivity contribution in [1.29, 1.82) is 0 Å². The van der Waals surface area contributed by atoms with E-state index in [1.165, 1.54) is 60.8 Å². The number of nitrogens with zero attached hydrogens (tertiary/aromatic N) is 1. The van der Waals surface area contributed by atoms with Gasteiger partial charge in [-0.2, -0.15) is 0 Å². The maximum Gasteiger partial charge on any atom is 0.171 e. The SMILES string of the molecule is CCCCc1ccc(CCCC[n+]2cc(C)cc(C)c2)cc1. The van der Waals surface area contributed by atoms with Gasteiger partial charge in [0.05, 0.1) is 0 Å². The van der Waals surface area contributed by atoms with Gasteiger partial charge in [0.25, 0.3) is 0 Å². The smallest absolute Gasteiger partial charge is 0.171 e. The van der Waals surface area contributed by atoms with Crippen LogP contribution < -0.4 is 4.57 Å². The topological polar surface area (TPSA) is 3.88 Å². The summed E-state index contributed by atoms with van der Waals surface area (Å²) >= 11 is 0. The van der Waals surface area contributed by atoms with Crippen molar-refractivity contribution in [1.82, 2.24) is 0 Å². The fraction of sp³-hybridized carbons (Fsp3) is 0.476. The second-order valence-corrected chi connectivity index (χ2v) is 6.51. The van der Waals surface area contributed by atoms with E-state index in [1.807, 2.05) is 0 Å². The first-order chi connectivity index (χ1) is 10.7. The molecule has 0 unspecified atom stereocenters. The number of rotatable bonds is 8. The molecule has 118 valence electrons. The Hall–Kier alpha value is -1.63. The van der Waals surface area contributed by atoms with E-state index in [1.54, 1.807) is 0 Å². The first kappa shape index (κ1) is 16.7. The molecular weight excluding hydrogens is 266 g/mol. The van der Waals surface area contributed by atoms with Crippen molar-refractivity contribution in [3.8, 4) is 0 Å². The Morgan fingerprint density at radius 3 is 1.86 bits per heavy atom. The Bertz CT molecular complexity index is 549. The lowest BCUT2D eigenvalue weighted by atomic mass is 10.0. The number of benzene rings is 1. The van der Waals surface area contributed by atoms with E-state index in [4.69, 9.17) is 0 Å². The van der Waals surface area contributed by atoms with Crippen molar-refractivity contribution >= 4 is 0 Å². The third-order valence-corrected chi connectivity index (χ3v) is 4.17. The van der Waals surface area contributed by atoms with Crippen molar-refractivity contribution in [3.63, 3.8) is 0 Å². The van der Waals surface area contributed by atoms with E-state index in [0.717, 1.165) is 6.54 Å². The highest BCUT2D eigenvalue weighted by Crippen LogP contribution is 2.10. The second-order valence-electron chi connectivity index (χ2n) is 6.51. The number of aromatic nitrogens is 1. The molecular formula is C21H30N+. The van der Waals surface area contributed by atoms with Gasteiger partial charge in [-0.3, -0.25) is 0 Å². The van der Waals surface area contributed by atoms with Gasteiger partial charge in [0.1, 0.15) is 6.54 Å². The largest absolute Gasteiger partial charge is 0.205 e. The predicted molar refractivity (Wildman–Crippen MR) is 94.1 cm³/mol. The van der Waals surface area contributed by atoms with Crippen LogP contribution in [0.5, 0.6) is 0 Å². The van der Waals surface area contributed by atoms with Crippen molar-refractivity contribution in [2.24, 2.45) is 0 Å². The zero-order valence-corrected chi connectivity index (χ0v) is 14.4. The highest BCUT2D eigenvalue weighted by Gasteiger charge is 2.03. The molecule has 0 aliphatic rings. The standard InChI is InChI=1S/C21H30N/c1-4-5-8-20-10-12-21(13-11-20)9-6-7-14-22-16-18(2)15-19(3)17-22/h10-13,15-17H,4-9,14H2,1-3H3/q+1. The van der Waals surface area contributed by atoms with Gasteiger partial charge in [0.15, 0.2) is 12.4 Å². The molecule has 1 aromatic heterocycles. The molecule has 0 radical (unpaired) electrons. The van der Waals surface area contributed by atoms with Crippen LogP contribution in [0.15, 0.2) is 42.7 Å². The van der Waals surface area contributed by atoms with Gasteiger partial charge in [-0.05, 0) is 56.7 Å². The molecule has 0 aliphatic carbocycles. The van der Waals surface area contributed by atoms with Crippen molar-refractivity contribution in [3.05, 3.63) is 65.0 Å². The first-order valence-corrected chi connectivity index (χ1v) is 8.72. The molecule has 0 amide bonds. The zero-order valence-electron chi connectivity index (χ0n) is 14.4. The number of hydrogen-bond acceptors (Lipinski definition) is 0. The molecule has 1 aromatic carbocycles. The molecule has 0 spiro atoms. The van der Waals surface area contributed by atoms with Crippen molar-refractivity contribution in [2.45, 2.75) is 65.8 Å². The van der Waals surface area contributed by atoms with Crippen LogP contribution in [0, 0.1) is 13.8 Å². The predicted octanol–water partition coefficient (Wildman–Crippen LogP) is 4.96. The maximum absolute atomic E-state index is 2.33. The average molecular weight is 296 g/mol. The summed E-state index contributed by atoms with van der Waals surface area (Å²) in [5.41, 5.74) is 5.66. The lowest BCUT2D eigenvalue weighted by molar-refractivity contribution is -0.698. The van der Waals surface area contributed by atoms with Crippen LogP contribution in [0.1, 0.15) is 54.9 Å². The van der Waals surface area contributed by atoms with Crippen molar-refractivity contribution < 1.29 is 4.57 Å². The van der Waals surface area contributed by atoms with Gasteiger partial charge in [-0.15, -0.1) is 0 Å². The minimum absolute atomic E-state index is 1.12. The number of pyridine rings is 1. The van der Waals surface area contributed by atoms with Crippen LogP contribution in [0.25, 0.3) is 0 Å². The fourth-order valence-electron chi connectivity index (χ4n) is 3.00. The summed E-state index contributed by atoms with van der Waals surface area (Å²) in [4.78, 5) is 0. The molecule has 0 saturated carbocycles. The Labute approximate surface area is 136 Å². The Morgan fingerprint density at radius 1 is 0.773 bits per heavy atom. The van der Waals surface area contributed by atoms with E-state index in [2.05, 4.69) is 68.1 Å². The van der Waals surface area contributed by atoms with Gasteiger partial charge in [0.2, 0.25) is 0 Å². The number of unbranched alkanes of at least 4 members (excludes halogenated alkanes) is 2. The highest BCUT2D eigenvalue weighted by atomic mass is 14.9. The van der Waals surface area contributed by atoms with E-state index >= 15 is 0 Å². The van der Waals surface area contributed by atoms with E-state index in [0.29, 0.717) is 0 Å². The summed E-state index contributed by atoms with van der Waals surface area (Å²) in [6.07, 6.45) is 12.0. The van der Waals surface area contributed by atoms with Crippen LogP contribution >= 0.6 is 0 Å². The fourth-order valence-corrected chi connectivity index (χ4v) is 3.00. The summed E-state index contributed by atoms with van der Waals surface area (Å²) < 4.78 is 2.33. The second kappa shape index (κ2) is 8.73. The molecule has 0 aliphatic heterocycles. The summed E-state index contributed by atoms with van der Waals surface area (Å²) in [5.74, 6) is 0. The van der Waals surface area contributed by atoms with Gasteiger partial charge in [-0.1, -0.05) is 37.6 Å². The number of aryl methyl sites for hydroxylation is 5. The van der Waals surface area contributed by atoms with Gasteiger partial charge >= 0.3 is 0 Å². The summed E-state index contributed by atoms with van der Waals surface area (Å²) in [6, 6.07) is 11.5. The zero-order chi connectivity index (χ0) is 15.8. The number of hydrogen-bond donors (Lipinski definition) is 0. The average Bonchev–Trinajstić information content (AvgIpc) is 2.50. The highest BCUT2D eigenvalue weighted by molar-refractivity contribution is 5.22. The molecule has 0 atom stereocenters. The molecule has 2 rings (SSSR count). The third-order valence-electron chi connectivity index (χ3n) is 4.17. The normalized spacial score (nSPS) is 10.9. The summed E-state index contributed by atoms with van der Waals surface area (Å²) in [7, 11) is 0. The van der Waals surface area contributed by atoms with E-state index in [9.17, 15) is 0 Å². The minimum Gasteiger partial charge on any atom is -0.205 e. The van der Waals surface area contributed by atoms with Gasteiger partial charge < -0.3 is 0 Å². The van der Waals surface area contributed by atoms with Gasteiger partial charge in [-0.25, -0.2) is 4.57 Å². The summed E-state index contributed by atoms with van der Waals surface area (Å²) in [5, 5.41) is 0. The minimum atomic E-state index is 1.12. The van der Waals surface area contributed by atoms with Crippen LogP contribution in [0.3, 0.4) is 0 Å².